The minimum atomic E-state index is -2.80. The van der Waals surface area contributed by atoms with Gasteiger partial charge in [0.2, 0.25) is 5.92 Å². The fourth-order valence-corrected chi connectivity index (χ4v) is 4.33. The van der Waals surface area contributed by atoms with Gasteiger partial charge in [0.1, 0.15) is 0 Å². The topological polar surface area (TPSA) is 100 Å². The van der Waals surface area contributed by atoms with Crippen LogP contribution in [0.1, 0.15) is 32.6 Å². The Hall–Kier alpha value is -3.47. The molecule has 37 heavy (non-hydrogen) atoms. The van der Waals surface area contributed by atoms with Crippen LogP contribution in [0.2, 0.25) is 0 Å². The molecular formula is C25H27ClF3N5O3. The van der Waals surface area contributed by atoms with Crippen LogP contribution in [0.15, 0.2) is 62.8 Å². The smallest absolute Gasteiger partial charge is 0.278 e. The molecule has 3 rings (SSSR count). The lowest BCUT2D eigenvalue weighted by atomic mass is 9.86. The Morgan fingerprint density at radius 2 is 1.95 bits per heavy atom. The number of alkyl halides is 4. The number of nitrogens with one attached hydrogen (secondary N) is 1. The first-order chi connectivity index (χ1) is 17.5. The molecule has 0 aliphatic heterocycles. The number of hydrogen-bond acceptors (Lipinski definition) is 6. The maximum Gasteiger partial charge on any atom is 0.278 e. The molecule has 1 aliphatic carbocycles. The molecule has 2 amide bonds. The second kappa shape index (κ2) is 11.7. The van der Waals surface area contributed by atoms with Crippen LogP contribution < -0.4 is 10.2 Å². The number of aromatic nitrogens is 1. The molecular weight excluding hydrogens is 511 g/mol. The summed E-state index contributed by atoms with van der Waals surface area (Å²) in [4.78, 5) is 35.6. The molecule has 8 nitrogen and oxygen atoms in total. The highest BCUT2D eigenvalue weighted by Crippen LogP contribution is 2.36. The summed E-state index contributed by atoms with van der Waals surface area (Å²) in [7, 11) is 1.44. The van der Waals surface area contributed by atoms with Gasteiger partial charge in [-0.3, -0.25) is 24.5 Å². The van der Waals surface area contributed by atoms with Crippen LogP contribution in [0.5, 0.6) is 0 Å². The van der Waals surface area contributed by atoms with Crippen molar-refractivity contribution in [1.29, 1.82) is 0 Å². The van der Waals surface area contributed by atoms with Crippen LogP contribution in [0.3, 0.4) is 0 Å². The highest BCUT2D eigenvalue weighted by molar-refractivity contribution is 6.32. The highest BCUT2D eigenvalue weighted by atomic mass is 35.5. The van der Waals surface area contributed by atoms with E-state index in [9.17, 15) is 22.8 Å². The van der Waals surface area contributed by atoms with E-state index < -0.39 is 34.9 Å². The predicted molar refractivity (Wildman–Crippen MR) is 136 cm³/mol. The average molecular weight is 538 g/mol. The van der Waals surface area contributed by atoms with Gasteiger partial charge in [-0.15, -0.1) is 0 Å². The Morgan fingerprint density at radius 1 is 1.30 bits per heavy atom. The lowest BCUT2D eigenvalue weighted by Crippen LogP contribution is -2.63. The number of nitrogens with zero attached hydrogens (tertiary/aromatic N) is 4. The summed E-state index contributed by atoms with van der Waals surface area (Å²) in [6, 6.07) is 7.23. The molecule has 1 aromatic heterocycles. The predicted octanol–water partition coefficient (Wildman–Crippen LogP) is 4.95. The van der Waals surface area contributed by atoms with Gasteiger partial charge in [-0.25, -0.2) is 13.2 Å². The molecule has 0 spiro atoms. The van der Waals surface area contributed by atoms with Crippen molar-refractivity contribution < 1.29 is 27.3 Å². The molecule has 2 aromatic rings. The Bertz CT molecular complexity index is 1160. The van der Waals surface area contributed by atoms with Gasteiger partial charge in [-0.05, 0) is 50.7 Å². The summed E-state index contributed by atoms with van der Waals surface area (Å²) in [5.74, 6) is -4.32. The molecule has 12 heteroatoms. The Balaban J connectivity index is 2.10. The first kappa shape index (κ1) is 28.1. The van der Waals surface area contributed by atoms with Crippen molar-refractivity contribution in [3.63, 3.8) is 0 Å². The van der Waals surface area contributed by atoms with Gasteiger partial charge >= 0.3 is 0 Å². The summed E-state index contributed by atoms with van der Waals surface area (Å²) >= 11 is 5.59. The molecule has 0 bridgehead atoms. The van der Waals surface area contributed by atoms with E-state index in [1.165, 1.54) is 44.7 Å². The second-order valence-corrected chi connectivity index (χ2v) is 9.11. The molecule has 0 radical (unpaired) electrons. The fourth-order valence-electron chi connectivity index (χ4n) is 4.24. The molecule has 2 atom stereocenters. The number of carbonyl (C=O) groups is 2. The Kier molecular flexibility index (Phi) is 8.90. The van der Waals surface area contributed by atoms with Crippen LogP contribution in [0.25, 0.3) is 11.3 Å². The number of carbonyl (C=O) groups excluding carboxylic acids is 2. The van der Waals surface area contributed by atoms with E-state index in [1.54, 1.807) is 18.2 Å². The average Bonchev–Trinajstić information content (AvgIpc) is 3.40. The van der Waals surface area contributed by atoms with Crippen LogP contribution in [0.4, 0.5) is 18.9 Å². The lowest BCUT2D eigenvalue weighted by molar-refractivity contribution is -0.130. The molecule has 1 fully saturated rings. The summed E-state index contributed by atoms with van der Waals surface area (Å²) < 4.78 is 46.8. The molecule has 0 unspecified atom stereocenters. The quantitative estimate of drug-likeness (QED) is 0.361. The normalized spacial score (nSPS) is 18.7. The first-order valence-corrected chi connectivity index (χ1v) is 11.9. The lowest BCUT2D eigenvalue weighted by Gasteiger charge is -2.42. The number of rotatable bonds is 9. The highest BCUT2D eigenvalue weighted by Gasteiger charge is 2.48. The molecule has 1 saturated carbocycles. The molecule has 1 heterocycles. The van der Waals surface area contributed by atoms with Crippen LogP contribution in [-0.2, 0) is 9.59 Å². The maximum atomic E-state index is 14.4. The largest absolute Gasteiger partial charge is 0.356 e. The summed E-state index contributed by atoms with van der Waals surface area (Å²) in [5.41, 5.74) is -3.60. The van der Waals surface area contributed by atoms with Gasteiger partial charge in [0.25, 0.3) is 17.4 Å². The third-order valence-electron chi connectivity index (χ3n) is 6.26. The van der Waals surface area contributed by atoms with Gasteiger partial charge in [-0.1, -0.05) is 16.8 Å². The Labute approximate surface area is 217 Å². The van der Waals surface area contributed by atoms with Crippen LogP contribution >= 0.6 is 11.6 Å². The number of amides is 2. The number of halogens is 4. The van der Waals surface area contributed by atoms with Gasteiger partial charge in [0.05, 0.1) is 6.20 Å². The van der Waals surface area contributed by atoms with E-state index in [2.05, 4.69) is 27.2 Å². The van der Waals surface area contributed by atoms with E-state index in [0.717, 1.165) is 4.90 Å². The molecule has 0 saturated heterocycles. The van der Waals surface area contributed by atoms with E-state index >= 15 is 0 Å². The molecule has 1 aliphatic rings. The summed E-state index contributed by atoms with van der Waals surface area (Å²) in [6.07, 6.45) is 3.27. The second-order valence-electron chi connectivity index (χ2n) is 8.73. The summed E-state index contributed by atoms with van der Waals surface area (Å²) in [5, 5.41) is 6.41. The number of benzene rings is 1. The molecule has 1 N–H and O–H groups in total. The number of hydrogen-bond donors (Lipinski definition) is 1. The van der Waals surface area contributed by atoms with Crippen molar-refractivity contribution in [3.8, 4) is 11.3 Å². The zero-order chi connectivity index (χ0) is 27.2. The van der Waals surface area contributed by atoms with Gasteiger partial charge in [0, 0.05) is 61.2 Å². The molecule has 198 valence electrons. The van der Waals surface area contributed by atoms with Crippen molar-refractivity contribution in [2.75, 3.05) is 11.9 Å². The van der Waals surface area contributed by atoms with Crippen molar-refractivity contribution in [2.45, 2.75) is 55.7 Å². The SMILES string of the molecule is C=N/C=C(\C=N/C)[C@@](C)(C(=O)NC1CCC(F)(F)CC1)N(C(=O)[C@H](F)Cl)c1ccc(-c2ccno2)cc1. The zero-order valence-electron chi connectivity index (χ0n) is 20.3. The van der Waals surface area contributed by atoms with Gasteiger partial charge < -0.3 is 9.84 Å². The minimum Gasteiger partial charge on any atom is -0.356 e. The Morgan fingerprint density at radius 3 is 2.46 bits per heavy atom. The standard InChI is InChI=1S/C25H27ClF3N5O3/c1-24(17(14-30-2)15-31-3,23(36)33-18-8-11-25(28,29)12-9-18)34(22(35)21(26)27)19-6-4-16(5-7-19)20-10-13-32-37-20/h4-7,10,13-15,18,21H,2,8-9,11-12H2,1,3H3,(H,33,36)/b17-14+,31-15-/t21-,24-/m0/s1. The minimum absolute atomic E-state index is 0.0382. The van der Waals surface area contributed by atoms with Crippen molar-refractivity contribution in [3.05, 3.63) is 48.3 Å². The monoisotopic (exact) mass is 537 g/mol. The van der Waals surface area contributed by atoms with E-state index in [1.807, 2.05) is 0 Å². The van der Waals surface area contributed by atoms with Gasteiger partial charge in [-0.2, -0.15) is 0 Å². The number of anilines is 1. The van der Waals surface area contributed by atoms with E-state index in [0.29, 0.717) is 11.3 Å². The van der Waals surface area contributed by atoms with E-state index in [4.69, 9.17) is 16.1 Å². The fraction of sp³-hybridized carbons (Fsp3) is 0.400. The van der Waals surface area contributed by atoms with Crippen molar-refractivity contribution in [2.24, 2.45) is 9.98 Å². The molecule has 1 aromatic carbocycles. The summed E-state index contributed by atoms with van der Waals surface area (Å²) in [6.45, 7) is 4.79. The van der Waals surface area contributed by atoms with Crippen molar-refractivity contribution >= 4 is 42.0 Å². The number of aliphatic imine (C=N–C) groups is 2. The van der Waals surface area contributed by atoms with Gasteiger partial charge in [0.15, 0.2) is 11.3 Å². The maximum absolute atomic E-state index is 14.4. The third kappa shape index (κ3) is 6.27. The van der Waals surface area contributed by atoms with Crippen molar-refractivity contribution in [1.82, 2.24) is 10.5 Å². The van der Waals surface area contributed by atoms with Crippen LogP contribution in [0, 0.1) is 0 Å². The van der Waals surface area contributed by atoms with E-state index in [-0.39, 0.29) is 36.9 Å². The van der Waals surface area contributed by atoms with Crippen LogP contribution in [-0.4, -0.2) is 60.1 Å². The third-order valence-corrected chi connectivity index (χ3v) is 6.44. The first-order valence-electron chi connectivity index (χ1n) is 11.4. The zero-order valence-corrected chi connectivity index (χ0v) is 21.1.